The summed E-state index contributed by atoms with van der Waals surface area (Å²) >= 11 is 37.6. The van der Waals surface area contributed by atoms with Gasteiger partial charge < -0.3 is 0 Å². The van der Waals surface area contributed by atoms with Crippen LogP contribution in [0.2, 0.25) is 0 Å². The van der Waals surface area contributed by atoms with Crippen LogP contribution in [0, 0.1) is 0 Å². The van der Waals surface area contributed by atoms with Crippen LogP contribution in [0.15, 0.2) is 0 Å². The first kappa shape index (κ1) is 15.3. The van der Waals surface area contributed by atoms with Crippen LogP contribution in [-0.4, -0.2) is 54.9 Å². The molecule has 0 saturated carbocycles. The summed E-state index contributed by atoms with van der Waals surface area (Å²) in [7, 11) is -3.74. The van der Waals surface area contributed by atoms with Gasteiger partial charge in [0.05, 0.1) is 0 Å². The van der Waals surface area contributed by atoms with Crippen molar-refractivity contribution in [3.05, 3.63) is 0 Å². The molecule has 1 aliphatic heterocycles. The van der Waals surface area contributed by atoms with E-state index in [2.05, 4.69) is 0 Å². The van der Waals surface area contributed by atoms with Gasteiger partial charge in [0.2, 0.25) is 0 Å². The van der Waals surface area contributed by atoms with Crippen molar-refractivity contribution in [1.29, 1.82) is 0 Å². The lowest BCUT2D eigenvalue weighted by atomic mass is 11.6. The van der Waals surface area contributed by atoms with Crippen LogP contribution in [-0.2, 0) is 0 Å². The van der Waals surface area contributed by atoms with Crippen molar-refractivity contribution in [2.24, 2.45) is 0 Å². The second-order valence-electron chi connectivity index (χ2n) is 3.21. The summed E-state index contributed by atoms with van der Waals surface area (Å²) in [5.74, 6) is 0. The van der Waals surface area contributed by atoms with Crippen molar-refractivity contribution in [3.63, 3.8) is 0 Å². The van der Waals surface area contributed by atoms with Crippen molar-refractivity contribution in [3.8, 4) is 0 Å². The molecule has 0 aromatic carbocycles. The van der Waals surface area contributed by atoms with Gasteiger partial charge >= 0.3 is 21.0 Å². The quantitative estimate of drug-likeness (QED) is 0.470. The summed E-state index contributed by atoms with van der Waals surface area (Å²) in [6.45, 7) is 0. The van der Waals surface area contributed by atoms with Gasteiger partial charge in [-0.2, -0.15) is 0 Å². The van der Waals surface area contributed by atoms with Gasteiger partial charge in [-0.05, 0) is 21.1 Å². The number of rotatable bonds is 0. The van der Waals surface area contributed by atoms with E-state index in [1.807, 2.05) is 0 Å². The highest BCUT2D eigenvalue weighted by Crippen LogP contribution is 2.45. The second kappa shape index (κ2) is 4.43. The molecule has 0 N–H and O–H groups in total. The standard InChI is InChI=1S/C3H9Cl6N3Si3/c1-10-13(4,5)11(2)15(8,9)12(3)14(10,6)7/h1-3H3. The van der Waals surface area contributed by atoms with Crippen LogP contribution in [0.5, 0.6) is 0 Å². The van der Waals surface area contributed by atoms with E-state index in [9.17, 15) is 0 Å². The number of hydrogen-bond acceptors (Lipinski definition) is 3. The molecular weight excluding hydrogens is 375 g/mol. The van der Waals surface area contributed by atoms with Crippen LogP contribution in [0.3, 0.4) is 0 Å². The molecule has 0 amide bonds. The molecule has 0 aromatic heterocycles. The third-order valence-electron chi connectivity index (χ3n) is 2.42. The molecule has 1 rings (SSSR count). The predicted octanol–water partition coefficient (Wildman–Crippen LogP) is 2.54. The van der Waals surface area contributed by atoms with E-state index in [0.717, 1.165) is 0 Å². The predicted molar refractivity (Wildman–Crippen MR) is 75.7 cm³/mol. The molecular formula is C3H9Cl6N3Si3. The zero-order chi connectivity index (χ0) is 12.2. The van der Waals surface area contributed by atoms with Crippen LogP contribution in [0.25, 0.3) is 0 Å². The maximum Gasteiger partial charge on any atom is 0.400 e. The molecule has 3 nitrogen and oxygen atoms in total. The second-order valence-corrected chi connectivity index (χ2v) is 22.9. The lowest BCUT2D eigenvalue weighted by molar-refractivity contribution is 0.556. The fourth-order valence-corrected chi connectivity index (χ4v) is 27.9. The Morgan fingerprint density at radius 3 is 0.800 bits per heavy atom. The summed E-state index contributed by atoms with van der Waals surface area (Å²) in [6.07, 6.45) is 0. The molecule has 0 atom stereocenters. The zero-order valence-corrected chi connectivity index (χ0v) is 15.6. The van der Waals surface area contributed by atoms with Crippen molar-refractivity contribution in [2.75, 3.05) is 21.1 Å². The normalized spacial score (nSPS) is 31.8. The zero-order valence-electron chi connectivity index (χ0n) is 8.11. The fourth-order valence-electron chi connectivity index (χ4n) is 1.16. The van der Waals surface area contributed by atoms with Gasteiger partial charge in [0.25, 0.3) is 0 Å². The first-order valence-corrected chi connectivity index (χ1v) is 15.6. The maximum atomic E-state index is 6.27. The van der Waals surface area contributed by atoms with Gasteiger partial charge in [-0.25, -0.2) is 0 Å². The monoisotopic (exact) mass is 381 g/mol. The molecule has 1 saturated heterocycles. The molecule has 1 aliphatic rings. The Morgan fingerprint density at radius 1 is 0.533 bits per heavy atom. The Bertz CT molecular complexity index is 213. The Balaban J connectivity index is 3.24. The third kappa shape index (κ3) is 2.26. The largest absolute Gasteiger partial charge is 0.400 e. The first-order chi connectivity index (χ1) is 6.46. The fraction of sp³-hybridized carbons (Fsp3) is 1.00. The van der Waals surface area contributed by atoms with E-state index >= 15 is 0 Å². The summed E-state index contributed by atoms with van der Waals surface area (Å²) < 4.78 is 4.88. The highest BCUT2D eigenvalue weighted by molar-refractivity contribution is 7.62. The Kier molecular flexibility index (Phi) is 4.53. The third-order valence-corrected chi connectivity index (χ3v) is 27.3. The highest BCUT2D eigenvalue weighted by atomic mass is 35.7. The molecule has 0 bridgehead atoms. The first-order valence-electron chi connectivity index (χ1n) is 3.82. The topological polar surface area (TPSA) is 9.72 Å². The van der Waals surface area contributed by atoms with Crippen LogP contribution < -0.4 is 0 Å². The molecule has 0 spiro atoms. The molecule has 1 fully saturated rings. The Morgan fingerprint density at radius 2 is 0.667 bits per heavy atom. The molecule has 15 heavy (non-hydrogen) atoms. The summed E-state index contributed by atoms with van der Waals surface area (Å²) in [5, 5.41) is 0. The van der Waals surface area contributed by atoms with Crippen molar-refractivity contribution in [2.45, 2.75) is 0 Å². The van der Waals surface area contributed by atoms with Gasteiger partial charge in [-0.1, -0.05) is 0 Å². The number of hydrogen-bond donors (Lipinski definition) is 0. The highest BCUT2D eigenvalue weighted by Gasteiger charge is 2.68. The van der Waals surface area contributed by atoms with E-state index in [4.69, 9.17) is 66.5 Å². The molecule has 90 valence electrons. The molecule has 1 heterocycles. The van der Waals surface area contributed by atoms with E-state index in [-0.39, 0.29) is 0 Å². The van der Waals surface area contributed by atoms with Gasteiger partial charge in [0.15, 0.2) is 0 Å². The Hall–Kier alpha value is 2.27. The van der Waals surface area contributed by atoms with E-state index in [1.54, 1.807) is 33.8 Å². The van der Waals surface area contributed by atoms with Gasteiger partial charge in [0.1, 0.15) is 0 Å². The molecule has 12 heteroatoms. The molecule has 0 aliphatic carbocycles. The summed E-state index contributed by atoms with van der Waals surface area (Å²) in [5.41, 5.74) is 0. The Labute approximate surface area is 120 Å². The van der Waals surface area contributed by atoms with Crippen LogP contribution in [0.4, 0.5) is 0 Å². The van der Waals surface area contributed by atoms with Gasteiger partial charge in [0, 0.05) is 0 Å². The lowest BCUT2D eigenvalue weighted by Gasteiger charge is -2.55. The van der Waals surface area contributed by atoms with Crippen molar-refractivity contribution < 1.29 is 0 Å². The van der Waals surface area contributed by atoms with E-state index < -0.39 is 21.0 Å². The van der Waals surface area contributed by atoms with Crippen molar-refractivity contribution in [1.82, 2.24) is 12.7 Å². The maximum absolute atomic E-state index is 6.27. The average Bonchev–Trinajstić information content (AvgIpc) is 2.12. The molecule has 0 unspecified atom stereocenters. The minimum atomic E-state index is -2.94. The van der Waals surface area contributed by atoms with Gasteiger partial charge in [-0.3, -0.25) is 12.7 Å². The summed E-state index contributed by atoms with van der Waals surface area (Å²) in [4.78, 5) is 0. The smallest absolute Gasteiger partial charge is 0.276 e. The average molecular weight is 384 g/mol. The number of halogens is 6. The van der Waals surface area contributed by atoms with E-state index in [0.29, 0.717) is 0 Å². The minimum absolute atomic E-state index is 1.63. The van der Waals surface area contributed by atoms with Crippen LogP contribution >= 0.6 is 66.5 Å². The SMILES string of the molecule is CN1[Si](Cl)(Cl)N(C)[Si](Cl)(Cl)N(C)[Si]1(Cl)Cl. The molecule has 0 aromatic rings. The molecule has 0 radical (unpaired) electrons. The van der Waals surface area contributed by atoms with E-state index in [1.165, 1.54) is 0 Å². The number of nitrogens with zero attached hydrogens (tertiary/aromatic N) is 3. The summed E-state index contributed by atoms with van der Waals surface area (Å²) in [6, 6.07) is 0. The van der Waals surface area contributed by atoms with Gasteiger partial charge in [-0.15, -0.1) is 66.5 Å². The minimum Gasteiger partial charge on any atom is -0.276 e. The lowest BCUT2D eigenvalue weighted by Crippen LogP contribution is -2.83. The van der Waals surface area contributed by atoms with Crippen molar-refractivity contribution >= 4 is 87.5 Å². The van der Waals surface area contributed by atoms with Crippen LogP contribution in [0.1, 0.15) is 0 Å².